The predicted molar refractivity (Wildman–Crippen MR) is 65.2 cm³/mol. The average molecular weight is 221 g/mol. The van der Waals surface area contributed by atoms with Gasteiger partial charge in [0.2, 0.25) is 0 Å². The Balaban J connectivity index is 2.36. The molecule has 0 aliphatic heterocycles. The highest BCUT2D eigenvalue weighted by atomic mass is 35.5. The number of hydrogen-bond acceptors (Lipinski definition) is 1. The molecule has 0 saturated heterocycles. The van der Waals surface area contributed by atoms with Crippen LogP contribution < -0.4 is 0 Å². The summed E-state index contributed by atoms with van der Waals surface area (Å²) in [6, 6.07) is 10.1. The van der Waals surface area contributed by atoms with Crippen molar-refractivity contribution in [3.8, 4) is 0 Å². The van der Waals surface area contributed by atoms with Crippen LogP contribution in [0.1, 0.15) is 19.1 Å². The number of para-hydroxylation sites is 1. The summed E-state index contributed by atoms with van der Waals surface area (Å²) < 4.78 is 5.72. The van der Waals surface area contributed by atoms with E-state index < -0.39 is 0 Å². The molecular weight excluding hydrogens is 208 g/mol. The molecule has 0 amide bonds. The lowest BCUT2D eigenvalue weighted by Gasteiger charge is -1.94. The highest BCUT2D eigenvalue weighted by Crippen LogP contribution is 2.24. The van der Waals surface area contributed by atoms with E-state index >= 15 is 0 Å². The average Bonchev–Trinajstić information content (AvgIpc) is 2.69. The van der Waals surface area contributed by atoms with Crippen molar-refractivity contribution in [2.75, 3.05) is 5.88 Å². The molecule has 0 radical (unpaired) electrons. The monoisotopic (exact) mass is 220 g/mol. The number of hydrogen-bond donors (Lipinski definition) is 0. The topological polar surface area (TPSA) is 13.1 Å². The fourth-order valence-corrected chi connectivity index (χ4v) is 1.66. The Hall–Kier alpha value is -1.21. The van der Waals surface area contributed by atoms with Crippen molar-refractivity contribution in [1.82, 2.24) is 0 Å². The van der Waals surface area contributed by atoms with Gasteiger partial charge in [0.05, 0.1) is 0 Å². The van der Waals surface area contributed by atoms with Crippen molar-refractivity contribution < 1.29 is 4.42 Å². The van der Waals surface area contributed by atoms with Gasteiger partial charge in [-0.3, -0.25) is 0 Å². The highest BCUT2D eigenvalue weighted by molar-refractivity contribution is 6.17. The minimum atomic E-state index is 0.650. The van der Waals surface area contributed by atoms with E-state index in [9.17, 15) is 0 Å². The van der Waals surface area contributed by atoms with Crippen LogP contribution in [0.15, 0.2) is 40.8 Å². The molecule has 0 bridgehead atoms. The summed E-state index contributed by atoms with van der Waals surface area (Å²) in [4.78, 5) is 0. The van der Waals surface area contributed by atoms with E-state index in [0.29, 0.717) is 5.88 Å². The largest absolute Gasteiger partial charge is 0.456 e. The van der Waals surface area contributed by atoms with Gasteiger partial charge >= 0.3 is 0 Å². The van der Waals surface area contributed by atoms with Gasteiger partial charge in [-0.15, -0.1) is 11.6 Å². The third kappa shape index (κ3) is 2.24. The Bertz CT molecular complexity index is 449. The minimum absolute atomic E-state index is 0.650. The van der Waals surface area contributed by atoms with E-state index in [4.69, 9.17) is 16.0 Å². The quantitative estimate of drug-likeness (QED) is 0.696. The smallest absolute Gasteiger partial charge is 0.134 e. The lowest BCUT2D eigenvalue weighted by molar-refractivity contribution is 0.599. The summed E-state index contributed by atoms with van der Waals surface area (Å²) in [5, 5.41) is 1.14. The van der Waals surface area contributed by atoms with Gasteiger partial charge in [0.15, 0.2) is 0 Å². The number of alkyl halides is 1. The van der Waals surface area contributed by atoms with Crippen LogP contribution >= 0.6 is 11.6 Å². The maximum absolute atomic E-state index is 5.72. The summed E-state index contributed by atoms with van der Waals surface area (Å²) in [6.07, 6.45) is 2.98. The SMILES string of the molecule is C/C(=C/CCCl)c1cc2ccccc2o1. The molecule has 0 saturated carbocycles. The van der Waals surface area contributed by atoms with Crippen LogP contribution in [0.25, 0.3) is 16.5 Å². The summed E-state index contributed by atoms with van der Waals surface area (Å²) in [6.45, 7) is 2.05. The molecule has 1 heterocycles. The second-order valence-corrected chi connectivity index (χ2v) is 3.89. The highest BCUT2D eigenvalue weighted by Gasteiger charge is 2.03. The minimum Gasteiger partial charge on any atom is -0.456 e. The third-order valence-electron chi connectivity index (χ3n) is 2.37. The van der Waals surface area contributed by atoms with Gasteiger partial charge in [-0.1, -0.05) is 24.3 Å². The van der Waals surface area contributed by atoms with Gasteiger partial charge in [0, 0.05) is 11.3 Å². The number of halogens is 1. The maximum atomic E-state index is 5.72. The Morgan fingerprint density at radius 2 is 2.20 bits per heavy atom. The molecule has 2 heteroatoms. The lowest BCUT2D eigenvalue weighted by atomic mass is 10.2. The van der Waals surface area contributed by atoms with Crippen molar-refractivity contribution in [2.24, 2.45) is 0 Å². The second-order valence-electron chi connectivity index (χ2n) is 3.51. The van der Waals surface area contributed by atoms with Gasteiger partial charge in [-0.25, -0.2) is 0 Å². The number of rotatable bonds is 3. The van der Waals surface area contributed by atoms with Gasteiger partial charge in [-0.05, 0) is 31.1 Å². The zero-order valence-electron chi connectivity index (χ0n) is 8.66. The van der Waals surface area contributed by atoms with Gasteiger partial charge < -0.3 is 4.42 Å². The van der Waals surface area contributed by atoms with Crippen molar-refractivity contribution in [3.05, 3.63) is 42.2 Å². The van der Waals surface area contributed by atoms with Crippen LogP contribution in [0.5, 0.6) is 0 Å². The molecule has 1 aromatic heterocycles. The normalized spacial score (nSPS) is 12.3. The standard InChI is InChI=1S/C13H13ClO/c1-10(5-4-8-14)13-9-11-6-2-3-7-12(11)15-13/h2-3,5-7,9H,4,8H2,1H3/b10-5-. The Labute approximate surface area is 94.3 Å². The molecule has 0 spiro atoms. The molecular formula is C13H13ClO. The molecule has 0 aliphatic rings. The number of benzene rings is 1. The van der Waals surface area contributed by atoms with Crippen molar-refractivity contribution in [3.63, 3.8) is 0 Å². The number of fused-ring (bicyclic) bond motifs is 1. The molecule has 0 fully saturated rings. The first kappa shape index (κ1) is 10.3. The van der Waals surface area contributed by atoms with E-state index in [1.54, 1.807) is 0 Å². The zero-order valence-corrected chi connectivity index (χ0v) is 9.42. The first-order valence-corrected chi connectivity index (χ1v) is 5.56. The molecule has 1 aromatic carbocycles. The fraction of sp³-hybridized carbons (Fsp3) is 0.231. The first-order valence-electron chi connectivity index (χ1n) is 5.03. The van der Waals surface area contributed by atoms with Crippen molar-refractivity contribution in [1.29, 1.82) is 0 Å². The molecule has 2 rings (SSSR count). The van der Waals surface area contributed by atoms with Crippen LogP contribution in [0.2, 0.25) is 0 Å². The van der Waals surface area contributed by atoms with Crippen LogP contribution in [0, 0.1) is 0 Å². The van der Waals surface area contributed by atoms with Crippen LogP contribution in [0.4, 0.5) is 0 Å². The molecule has 0 atom stereocenters. The summed E-state index contributed by atoms with van der Waals surface area (Å²) >= 11 is 5.64. The van der Waals surface area contributed by atoms with Crippen LogP contribution in [-0.4, -0.2) is 5.88 Å². The Morgan fingerprint density at radius 3 is 2.93 bits per heavy atom. The van der Waals surface area contributed by atoms with E-state index in [0.717, 1.165) is 28.7 Å². The maximum Gasteiger partial charge on any atom is 0.134 e. The van der Waals surface area contributed by atoms with E-state index in [1.165, 1.54) is 0 Å². The molecule has 0 unspecified atom stereocenters. The number of furan rings is 1. The van der Waals surface area contributed by atoms with Crippen LogP contribution in [0.3, 0.4) is 0 Å². The van der Waals surface area contributed by atoms with E-state index in [1.807, 2.05) is 25.1 Å². The first-order chi connectivity index (χ1) is 7.31. The van der Waals surface area contributed by atoms with Gasteiger partial charge in [-0.2, -0.15) is 0 Å². The summed E-state index contributed by atoms with van der Waals surface area (Å²) in [5.41, 5.74) is 2.08. The summed E-state index contributed by atoms with van der Waals surface area (Å²) in [7, 11) is 0. The number of allylic oxidation sites excluding steroid dienone is 2. The predicted octanol–water partition coefficient (Wildman–Crippen LogP) is 4.47. The van der Waals surface area contributed by atoms with Crippen LogP contribution in [-0.2, 0) is 0 Å². The molecule has 0 aliphatic carbocycles. The molecule has 1 nitrogen and oxygen atoms in total. The second kappa shape index (κ2) is 4.54. The fourth-order valence-electron chi connectivity index (χ4n) is 1.55. The van der Waals surface area contributed by atoms with Gasteiger partial charge in [0.25, 0.3) is 0 Å². The Morgan fingerprint density at radius 1 is 1.40 bits per heavy atom. The summed E-state index contributed by atoms with van der Waals surface area (Å²) in [5.74, 6) is 1.58. The van der Waals surface area contributed by atoms with E-state index in [2.05, 4.69) is 18.2 Å². The van der Waals surface area contributed by atoms with E-state index in [-0.39, 0.29) is 0 Å². The molecule has 78 valence electrons. The Kier molecular flexibility index (Phi) is 3.12. The lowest BCUT2D eigenvalue weighted by Crippen LogP contribution is -1.75. The molecule has 2 aromatic rings. The van der Waals surface area contributed by atoms with Gasteiger partial charge in [0.1, 0.15) is 11.3 Å². The molecule has 0 N–H and O–H groups in total. The third-order valence-corrected chi connectivity index (χ3v) is 2.59. The molecule has 15 heavy (non-hydrogen) atoms. The van der Waals surface area contributed by atoms with Crippen molar-refractivity contribution in [2.45, 2.75) is 13.3 Å². The zero-order chi connectivity index (χ0) is 10.7. The van der Waals surface area contributed by atoms with Crippen molar-refractivity contribution >= 4 is 28.1 Å².